The van der Waals surface area contributed by atoms with Gasteiger partial charge in [0.1, 0.15) is 24.4 Å². The molecule has 1 fully saturated rings. The topological polar surface area (TPSA) is 231 Å². The van der Waals surface area contributed by atoms with E-state index < -0.39 is 49.3 Å². The molecule has 0 radical (unpaired) electrons. The van der Waals surface area contributed by atoms with Crippen molar-refractivity contribution in [2.45, 2.75) is 69.2 Å². The first-order valence-electron chi connectivity index (χ1n) is 15.2. The van der Waals surface area contributed by atoms with Gasteiger partial charge in [0.2, 0.25) is 6.29 Å². The number of aliphatic hydroxyl groups excluding tert-OH is 6. The Hall–Kier alpha value is -3.70. The van der Waals surface area contributed by atoms with Crippen LogP contribution in [0.4, 0.5) is 0 Å². The third kappa shape index (κ3) is 10.1. The van der Waals surface area contributed by atoms with Crippen LogP contribution >= 0.6 is 0 Å². The molecule has 0 saturated carbocycles. The highest BCUT2D eigenvalue weighted by molar-refractivity contribution is 5.82. The quantitative estimate of drug-likeness (QED) is 0.0817. The smallest absolute Gasteiger partial charge is 0.306 e. The van der Waals surface area contributed by atoms with Crippen molar-refractivity contribution >= 4 is 11.9 Å². The van der Waals surface area contributed by atoms with Crippen LogP contribution in [0.3, 0.4) is 0 Å². The molecule has 0 amide bonds. The molecule has 0 aliphatic carbocycles. The summed E-state index contributed by atoms with van der Waals surface area (Å²) in [4.78, 5) is 24.5. The molecule has 15 nitrogen and oxygen atoms in total. The van der Waals surface area contributed by atoms with E-state index in [1.165, 1.54) is 14.2 Å². The number of aryl methyl sites for hydroxylation is 2. The van der Waals surface area contributed by atoms with Crippen molar-refractivity contribution in [1.29, 1.82) is 0 Å². The zero-order chi connectivity index (χ0) is 34.5. The summed E-state index contributed by atoms with van der Waals surface area (Å²) in [6.07, 6.45) is -7.09. The van der Waals surface area contributed by atoms with Gasteiger partial charge in [0.15, 0.2) is 23.0 Å². The molecule has 0 spiro atoms. The van der Waals surface area contributed by atoms with Gasteiger partial charge in [0, 0.05) is 50.0 Å². The number of hydrogen-bond acceptors (Lipinski definition) is 15. The van der Waals surface area contributed by atoms with E-state index in [-0.39, 0.29) is 86.2 Å². The summed E-state index contributed by atoms with van der Waals surface area (Å²) >= 11 is 0. The highest BCUT2D eigenvalue weighted by Gasteiger charge is 2.45. The molecule has 1 aliphatic rings. The van der Waals surface area contributed by atoms with Crippen molar-refractivity contribution in [3.8, 4) is 34.1 Å². The predicted molar refractivity (Wildman–Crippen MR) is 163 cm³/mol. The van der Waals surface area contributed by atoms with E-state index in [2.05, 4.69) is 0 Å². The fourth-order valence-electron chi connectivity index (χ4n) is 4.87. The van der Waals surface area contributed by atoms with Gasteiger partial charge in [0.05, 0.1) is 34.0 Å². The van der Waals surface area contributed by atoms with Gasteiger partial charge in [0.25, 0.3) is 0 Å². The lowest BCUT2D eigenvalue weighted by molar-refractivity contribution is -0.277. The summed E-state index contributed by atoms with van der Waals surface area (Å²) in [5, 5.41) is 70.1. The van der Waals surface area contributed by atoms with Gasteiger partial charge >= 0.3 is 11.9 Å². The fraction of sp³-hybridized carbons (Fsp3) is 0.562. The Labute approximate surface area is 271 Å². The molecular weight excluding hydrogens is 624 g/mol. The summed E-state index contributed by atoms with van der Waals surface area (Å²) in [5.74, 6) is -1.24. The Morgan fingerprint density at radius 3 is 1.79 bits per heavy atom. The Kier molecular flexibility index (Phi) is 14.9. The third-order valence-electron chi connectivity index (χ3n) is 7.43. The molecule has 5 atom stereocenters. The molecule has 1 aliphatic heterocycles. The maximum Gasteiger partial charge on any atom is 0.306 e. The Bertz CT molecular complexity index is 1310. The molecule has 1 heterocycles. The molecule has 0 bridgehead atoms. The first kappa shape index (κ1) is 37.8. The fourth-order valence-corrected chi connectivity index (χ4v) is 4.87. The number of aliphatic hydroxyl groups is 6. The molecule has 3 rings (SSSR count). The van der Waals surface area contributed by atoms with Crippen molar-refractivity contribution in [1.82, 2.24) is 0 Å². The van der Waals surface area contributed by atoms with Gasteiger partial charge in [-0.2, -0.15) is 0 Å². The lowest BCUT2D eigenvalue weighted by atomic mass is 9.95. The molecule has 7 N–H and O–H groups in total. The summed E-state index contributed by atoms with van der Waals surface area (Å²) < 4.78 is 32.9. The van der Waals surface area contributed by atoms with Crippen LogP contribution in [0.2, 0.25) is 0 Å². The highest BCUT2D eigenvalue weighted by Crippen LogP contribution is 2.47. The Morgan fingerprint density at radius 1 is 0.745 bits per heavy atom. The van der Waals surface area contributed by atoms with E-state index in [4.69, 9.17) is 38.6 Å². The molecule has 1 saturated heterocycles. The number of phenolic OH excluding ortho intramolecular Hbond substituents is 1. The second-order valence-electron chi connectivity index (χ2n) is 10.8. The minimum Gasteiger partial charge on any atom is -0.504 e. The van der Waals surface area contributed by atoms with Crippen molar-refractivity contribution in [3.05, 3.63) is 35.4 Å². The number of ether oxygens (including phenoxy) is 6. The van der Waals surface area contributed by atoms with Crippen LogP contribution in [-0.2, 0) is 36.6 Å². The number of phenols is 1. The number of carbonyl (C=O) groups is 2. The Morgan fingerprint density at radius 2 is 1.28 bits per heavy atom. The van der Waals surface area contributed by atoms with Crippen LogP contribution in [-0.4, -0.2) is 126 Å². The standard InChI is InChI=1S/C32H44O15/c1-42-22-15-18(5-7-25(36)44-11-3-9-33)13-20(27(22)38)21-14-19(6-8-26(37)45-12-4-10-34)16-23(43-2)31(21)47-32-30(41)29(40)28(39)24(17-35)46-32/h13-16,24,28-30,32-35,38-41H,3-12,17H2,1-2H3/t24-,28-,29+,30-,32-/m1/s1. The molecule has 2 aromatic rings. The van der Waals surface area contributed by atoms with Gasteiger partial charge in [-0.1, -0.05) is 0 Å². The van der Waals surface area contributed by atoms with E-state index in [1.54, 1.807) is 24.3 Å². The first-order chi connectivity index (χ1) is 22.6. The lowest BCUT2D eigenvalue weighted by Crippen LogP contribution is -2.60. The van der Waals surface area contributed by atoms with E-state index in [0.717, 1.165) is 0 Å². The maximum atomic E-state index is 12.3. The molecule has 262 valence electrons. The number of aromatic hydroxyl groups is 1. The second-order valence-corrected chi connectivity index (χ2v) is 10.8. The number of benzene rings is 2. The molecule has 0 unspecified atom stereocenters. The number of esters is 2. The first-order valence-corrected chi connectivity index (χ1v) is 15.2. The average Bonchev–Trinajstić information content (AvgIpc) is 3.07. The van der Waals surface area contributed by atoms with Crippen LogP contribution < -0.4 is 14.2 Å². The monoisotopic (exact) mass is 668 g/mol. The molecular formula is C32H44O15. The van der Waals surface area contributed by atoms with Crippen molar-refractivity contribution in [2.24, 2.45) is 0 Å². The van der Waals surface area contributed by atoms with E-state index in [9.17, 15) is 35.1 Å². The lowest BCUT2D eigenvalue weighted by Gasteiger charge is -2.40. The van der Waals surface area contributed by atoms with Crippen LogP contribution in [0.1, 0.15) is 36.8 Å². The summed E-state index contributed by atoms with van der Waals surface area (Å²) in [5.41, 5.74) is 1.45. The van der Waals surface area contributed by atoms with Gasteiger partial charge in [-0.05, 0) is 48.2 Å². The SMILES string of the molecule is COc1cc(CCC(=O)OCCCO)cc(-c2cc(CCC(=O)OCCCO)cc(OC)c2O[C@H]2O[C@H](CO)[C@@H](O)[C@H](O)[C@H]2O)c1O. The summed E-state index contributed by atoms with van der Waals surface area (Å²) in [7, 11) is 2.68. The van der Waals surface area contributed by atoms with Crippen LogP contribution in [0.15, 0.2) is 24.3 Å². The van der Waals surface area contributed by atoms with E-state index >= 15 is 0 Å². The van der Waals surface area contributed by atoms with E-state index in [0.29, 0.717) is 24.0 Å². The number of rotatable bonds is 18. The van der Waals surface area contributed by atoms with Gasteiger partial charge in [-0.15, -0.1) is 0 Å². The van der Waals surface area contributed by atoms with Gasteiger partial charge < -0.3 is 64.2 Å². The maximum absolute atomic E-state index is 12.3. The average molecular weight is 669 g/mol. The summed E-state index contributed by atoms with van der Waals surface area (Å²) in [6, 6.07) is 6.29. The zero-order valence-corrected chi connectivity index (χ0v) is 26.4. The summed E-state index contributed by atoms with van der Waals surface area (Å²) in [6.45, 7) is -0.803. The van der Waals surface area contributed by atoms with Crippen molar-refractivity contribution < 1.29 is 73.8 Å². The van der Waals surface area contributed by atoms with Crippen LogP contribution in [0.25, 0.3) is 11.1 Å². The normalized spacial score (nSPS) is 20.8. The molecule has 0 aromatic heterocycles. The highest BCUT2D eigenvalue weighted by atomic mass is 16.7. The largest absolute Gasteiger partial charge is 0.504 e. The van der Waals surface area contributed by atoms with Crippen molar-refractivity contribution in [3.63, 3.8) is 0 Å². The predicted octanol–water partition coefficient (Wildman–Crippen LogP) is -0.0285. The number of carbonyl (C=O) groups excluding carboxylic acids is 2. The second kappa shape index (κ2) is 18.6. The molecule has 47 heavy (non-hydrogen) atoms. The van der Waals surface area contributed by atoms with Gasteiger partial charge in [-0.25, -0.2) is 0 Å². The minimum absolute atomic E-state index is 0.0191. The minimum atomic E-state index is -1.76. The zero-order valence-electron chi connectivity index (χ0n) is 26.4. The van der Waals surface area contributed by atoms with Crippen LogP contribution in [0.5, 0.6) is 23.0 Å². The van der Waals surface area contributed by atoms with E-state index in [1.807, 2.05) is 0 Å². The molecule has 15 heteroatoms. The third-order valence-corrected chi connectivity index (χ3v) is 7.43. The number of hydrogen-bond donors (Lipinski definition) is 7. The van der Waals surface area contributed by atoms with Crippen LogP contribution in [0, 0.1) is 0 Å². The Balaban J connectivity index is 2.07. The van der Waals surface area contributed by atoms with Crippen molar-refractivity contribution in [2.75, 3.05) is 47.3 Å². The van der Waals surface area contributed by atoms with Gasteiger partial charge in [-0.3, -0.25) is 9.59 Å². The molecule has 2 aromatic carbocycles. The number of methoxy groups -OCH3 is 2.